The van der Waals surface area contributed by atoms with Gasteiger partial charge in [0.05, 0.1) is 5.54 Å². The first-order valence-corrected chi connectivity index (χ1v) is 5.81. The van der Waals surface area contributed by atoms with Gasteiger partial charge in [-0.3, -0.25) is 4.79 Å². The number of carbonyl (C=O) groups is 1. The number of benzene rings is 1. The third-order valence-corrected chi connectivity index (χ3v) is 3.37. The molecule has 1 aromatic rings. The van der Waals surface area contributed by atoms with Crippen molar-refractivity contribution < 1.29 is 9.90 Å². The van der Waals surface area contributed by atoms with E-state index >= 15 is 0 Å². The topological polar surface area (TPSA) is 75.4 Å². The first-order chi connectivity index (χ1) is 7.91. The SMILES string of the molecule is Cc1cc(NC(=O)C(C)(N)C2CC2)ccc1O. The molecule has 0 aliphatic heterocycles. The van der Waals surface area contributed by atoms with Gasteiger partial charge in [-0.05, 0) is 56.4 Å². The molecule has 0 saturated heterocycles. The average molecular weight is 234 g/mol. The van der Waals surface area contributed by atoms with Crippen molar-refractivity contribution in [1.82, 2.24) is 0 Å². The molecule has 1 atom stereocenters. The highest BCUT2D eigenvalue weighted by molar-refractivity contribution is 5.98. The second-order valence-corrected chi connectivity index (χ2v) is 5.01. The van der Waals surface area contributed by atoms with Crippen molar-refractivity contribution in [3.05, 3.63) is 23.8 Å². The van der Waals surface area contributed by atoms with E-state index in [-0.39, 0.29) is 11.7 Å². The molecule has 1 fully saturated rings. The number of carbonyl (C=O) groups excluding carboxylic acids is 1. The minimum atomic E-state index is -0.800. The number of phenols is 1. The molecule has 17 heavy (non-hydrogen) atoms. The van der Waals surface area contributed by atoms with Crippen molar-refractivity contribution in [3.63, 3.8) is 0 Å². The lowest BCUT2D eigenvalue weighted by atomic mass is 9.96. The summed E-state index contributed by atoms with van der Waals surface area (Å²) in [4.78, 5) is 12.0. The monoisotopic (exact) mass is 234 g/mol. The maximum absolute atomic E-state index is 12.0. The molecule has 0 aromatic heterocycles. The van der Waals surface area contributed by atoms with Crippen molar-refractivity contribution in [2.24, 2.45) is 11.7 Å². The Kier molecular flexibility index (Phi) is 2.83. The zero-order valence-corrected chi connectivity index (χ0v) is 10.2. The van der Waals surface area contributed by atoms with Crippen LogP contribution in [0.1, 0.15) is 25.3 Å². The van der Waals surface area contributed by atoms with Crippen molar-refractivity contribution in [3.8, 4) is 5.75 Å². The Hall–Kier alpha value is -1.55. The van der Waals surface area contributed by atoms with Crippen LogP contribution in [0.15, 0.2) is 18.2 Å². The molecule has 1 aliphatic rings. The molecule has 1 unspecified atom stereocenters. The van der Waals surface area contributed by atoms with Gasteiger partial charge in [-0.15, -0.1) is 0 Å². The minimum Gasteiger partial charge on any atom is -0.508 e. The average Bonchev–Trinajstić information content (AvgIpc) is 3.07. The summed E-state index contributed by atoms with van der Waals surface area (Å²) in [5.41, 5.74) is 6.62. The molecule has 0 spiro atoms. The molecule has 4 nitrogen and oxygen atoms in total. The number of nitrogens with two attached hydrogens (primary N) is 1. The summed E-state index contributed by atoms with van der Waals surface area (Å²) in [7, 11) is 0. The largest absolute Gasteiger partial charge is 0.508 e. The van der Waals surface area contributed by atoms with Gasteiger partial charge in [0.15, 0.2) is 0 Å². The first kappa shape index (κ1) is 11.9. The Balaban J connectivity index is 2.10. The Morgan fingerprint density at radius 1 is 1.53 bits per heavy atom. The molecule has 1 saturated carbocycles. The summed E-state index contributed by atoms with van der Waals surface area (Å²) in [6.07, 6.45) is 2.05. The molecule has 92 valence electrons. The number of hydrogen-bond acceptors (Lipinski definition) is 3. The van der Waals surface area contributed by atoms with E-state index in [4.69, 9.17) is 5.73 Å². The van der Waals surface area contributed by atoms with E-state index in [0.29, 0.717) is 11.6 Å². The zero-order valence-electron chi connectivity index (χ0n) is 10.2. The van der Waals surface area contributed by atoms with Crippen LogP contribution in [0, 0.1) is 12.8 Å². The van der Waals surface area contributed by atoms with Gasteiger partial charge in [-0.1, -0.05) is 0 Å². The number of nitrogens with one attached hydrogen (secondary N) is 1. The highest BCUT2D eigenvalue weighted by Gasteiger charge is 2.44. The van der Waals surface area contributed by atoms with Crippen LogP contribution in [0.5, 0.6) is 5.75 Å². The normalized spacial score (nSPS) is 18.5. The van der Waals surface area contributed by atoms with E-state index < -0.39 is 5.54 Å². The lowest BCUT2D eigenvalue weighted by Crippen LogP contribution is -2.50. The Morgan fingerprint density at radius 3 is 2.71 bits per heavy atom. The van der Waals surface area contributed by atoms with E-state index in [1.54, 1.807) is 32.0 Å². The summed E-state index contributed by atoms with van der Waals surface area (Å²) in [5, 5.41) is 12.2. The summed E-state index contributed by atoms with van der Waals surface area (Å²) in [5.74, 6) is 0.353. The van der Waals surface area contributed by atoms with Crippen molar-refractivity contribution in [2.45, 2.75) is 32.2 Å². The van der Waals surface area contributed by atoms with Crippen LogP contribution in [0.25, 0.3) is 0 Å². The Bertz CT molecular complexity index is 451. The second kappa shape index (κ2) is 4.04. The molecule has 4 heteroatoms. The van der Waals surface area contributed by atoms with Gasteiger partial charge < -0.3 is 16.2 Å². The predicted molar refractivity (Wildman–Crippen MR) is 66.8 cm³/mol. The van der Waals surface area contributed by atoms with Gasteiger partial charge in [0.2, 0.25) is 5.91 Å². The fraction of sp³-hybridized carbons (Fsp3) is 0.462. The fourth-order valence-electron chi connectivity index (χ4n) is 1.87. The molecule has 0 bridgehead atoms. The highest BCUT2D eigenvalue weighted by Crippen LogP contribution is 2.38. The molecule has 1 amide bonds. The van der Waals surface area contributed by atoms with E-state index in [9.17, 15) is 9.90 Å². The van der Waals surface area contributed by atoms with E-state index in [1.165, 1.54) is 0 Å². The lowest BCUT2D eigenvalue weighted by molar-refractivity contribution is -0.121. The van der Waals surface area contributed by atoms with Crippen molar-refractivity contribution >= 4 is 11.6 Å². The number of amides is 1. The van der Waals surface area contributed by atoms with Crippen LogP contribution in [0.3, 0.4) is 0 Å². The van der Waals surface area contributed by atoms with Crippen molar-refractivity contribution in [2.75, 3.05) is 5.32 Å². The van der Waals surface area contributed by atoms with Gasteiger partial charge >= 0.3 is 0 Å². The number of hydrogen-bond donors (Lipinski definition) is 3. The second-order valence-electron chi connectivity index (χ2n) is 5.01. The molecular weight excluding hydrogens is 216 g/mol. The van der Waals surface area contributed by atoms with Gasteiger partial charge in [0.25, 0.3) is 0 Å². The third kappa shape index (κ3) is 2.42. The summed E-state index contributed by atoms with van der Waals surface area (Å²) >= 11 is 0. The highest BCUT2D eigenvalue weighted by atomic mass is 16.3. The summed E-state index contributed by atoms with van der Waals surface area (Å²) in [6.45, 7) is 3.56. The Labute approximate surface area is 101 Å². The molecule has 0 heterocycles. The summed E-state index contributed by atoms with van der Waals surface area (Å²) in [6, 6.07) is 4.97. The molecule has 4 N–H and O–H groups in total. The molecule has 0 radical (unpaired) electrons. The predicted octanol–water partition coefficient (Wildman–Crippen LogP) is 1.77. The number of aryl methyl sites for hydroxylation is 1. The summed E-state index contributed by atoms with van der Waals surface area (Å²) < 4.78 is 0. The van der Waals surface area contributed by atoms with Gasteiger partial charge in [0, 0.05) is 5.69 Å². The third-order valence-electron chi connectivity index (χ3n) is 3.37. The number of phenolic OH excluding ortho intramolecular Hbond substituents is 1. The van der Waals surface area contributed by atoms with Crippen LogP contribution < -0.4 is 11.1 Å². The number of anilines is 1. The maximum atomic E-state index is 12.0. The van der Waals surface area contributed by atoms with Crippen LogP contribution >= 0.6 is 0 Å². The standard InChI is InChI=1S/C13H18N2O2/c1-8-7-10(5-6-11(8)16)15-12(17)13(2,14)9-3-4-9/h5-7,9,16H,3-4,14H2,1-2H3,(H,15,17). The smallest absolute Gasteiger partial charge is 0.244 e. The van der Waals surface area contributed by atoms with Crippen LogP contribution in [-0.2, 0) is 4.79 Å². The van der Waals surface area contributed by atoms with Crippen molar-refractivity contribution in [1.29, 1.82) is 0 Å². The molecule has 1 aliphatic carbocycles. The number of rotatable bonds is 3. The fourth-order valence-corrected chi connectivity index (χ4v) is 1.87. The molecule has 2 rings (SSSR count). The maximum Gasteiger partial charge on any atom is 0.244 e. The quantitative estimate of drug-likeness (QED) is 0.698. The van der Waals surface area contributed by atoms with Gasteiger partial charge in [-0.2, -0.15) is 0 Å². The van der Waals surface area contributed by atoms with Crippen LogP contribution in [0.2, 0.25) is 0 Å². The van der Waals surface area contributed by atoms with E-state index in [1.807, 2.05) is 0 Å². The van der Waals surface area contributed by atoms with Gasteiger partial charge in [0.1, 0.15) is 5.75 Å². The zero-order chi connectivity index (χ0) is 12.6. The molecular formula is C13H18N2O2. The van der Waals surface area contributed by atoms with E-state index in [0.717, 1.165) is 18.4 Å². The van der Waals surface area contributed by atoms with Crippen LogP contribution in [-0.4, -0.2) is 16.6 Å². The molecule has 1 aromatic carbocycles. The lowest BCUT2D eigenvalue weighted by Gasteiger charge is -2.23. The first-order valence-electron chi connectivity index (χ1n) is 5.81. The minimum absolute atomic E-state index is 0.162. The number of aromatic hydroxyl groups is 1. The Morgan fingerprint density at radius 2 is 2.18 bits per heavy atom. The van der Waals surface area contributed by atoms with Crippen LogP contribution in [0.4, 0.5) is 5.69 Å². The van der Waals surface area contributed by atoms with Gasteiger partial charge in [-0.25, -0.2) is 0 Å². The van der Waals surface area contributed by atoms with E-state index in [2.05, 4.69) is 5.32 Å².